The highest BCUT2D eigenvalue weighted by Gasteiger charge is 2.12. The van der Waals surface area contributed by atoms with Crippen molar-refractivity contribution in [2.24, 2.45) is 0 Å². The van der Waals surface area contributed by atoms with Gasteiger partial charge in [-0.25, -0.2) is 9.97 Å². The number of unbranched alkanes of at least 4 members (excludes halogenated alkanes) is 3. The van der Waals surface area contributed by atoms with E-state index in [1.165, 1.54) is 0 Å². The third kappa shape index (κ3) is 6.44. The number of amides is 2. The summed E-state index contributed by atoms with van der Waals surface area (Å²) in [7, 11) is 0. The lowest BCUT2D eigenvalue weighted by Crippen LogP contribution is -2.17. The van der Waals surface area contributed by atoms with Crippen LogP contribution in [0.3, 0.4) is 0 Å². The standard InChI is InChI=1S/C26H34N8O2/c1-3-5-9-19-17-23(33-21(29-19)13-15-27-33)31-25(35)11-7-8-12-26(36)32-24-18-20(10-6-4-2)30-22-14-16-28-34(22)24/h13-18H,3-12H2,1-2H3,(H,31,35)(H,32,36). The lowest BCUT2D eigenvalue weighted by atomic mass is 10.1. The zero-order valence-corrected chi connectivity index (χ0v) is 21.0. The van der Waals surface area contributed by atoms with Crippen molar-refractivity contribution < 1.29 is 9.59 Å². The maximum absolute atomic E-state index is 12.6. The van der Waals surface area contributed by atoms with E-state index in [2.05, 4.69) is 44.6 Å². The topological polar surface area (TPSA) is 119 Å². The minimum atomic E-state index is -0.104. The van der Waals surface area contributed by atoms with Gasteiger partial charge in [0, 0.05) is 48.5 Å². The Bertz CT molecular complexity index is 1220. The first-order chi connectivity index (χ1) is 17.6. The summed E-state index contributed by atoms with van der Waals surface area (Å²) in [5.41, 5.74) is 3.32. The van der Waals surface area contributed by atoms with Crippen molar-refractivity contribution >= 4 is 34.7 Å². The summed E-state index contributed by atoms with van der Waals surface area (Å²) in [4.78, 5) is 34.4. The third-order valence-electron chi connectivity index (χ3n) is 5.99. The van der Waals surface area contributed by atoms with Gasteiger partial charge in [0.2, 0.25) is 11.8 Å². The van der Waals surface area contributed by atoms with E-state index in [1.54, 1.807) is 21.4 Å². The molecule has 2 amide bonds. The van der Waals surface area contributed by atoms with Gasteiger partial charge in [-0.3, -0.25) is 9.59 Å². The van der Waals surface area contributed by atoms with Gasteiger partial charge in [-0.15, -0.1) is 0 Å². The number of carbonyl (C=O) groups excluding carboxylic acids is 2. The lowest BCUT2D eigenvalue weighted by molar-refractivity contribution is -0.118. The Morgan fingerprint density at radius 3 is 1.58 bits per heavy atom. The van der Waals surface area contributed by atoms with E-state index in [0.717, 1.165) is 61.2 Å². The summed E-state index contributed by atoms with van der Waals surface area (Å²) in [5, 5.41) is 14.5. The minimum absolute atomic E-state index is 0.104. The van der Waals surface area contributed by atoms with Crippen molar-refractivity contribution in [2.75, 3.05) is 10.6 Å². The Hall–Kier alpha value is -3.82. The largest absolute Gasteiger partial charge is 0.311 e. The number of aromatic nitrogens is 6. The van der Waals surface area contributed by atoms with Crippen LogP contribution >= 0.6 is 0 Å². The van der Waals surface area contributed by atoms with Gasteiger partial charge < -0.3 is 10.6 Å². The van der Waals surface area contributed by atoms with Crippen molar-refractivity contribution in [2.45, 2.75) is 78.1 Å². The van der Waals surface area contributed by atoms with E-state index < -0.39 is 0 Å². The fourth-order valence-corrected chi connectivity index (χ4v) is 4.06. The predicted octanol–water partition coefficient (Wildman–Crippen LogP) is 4.59. The molecular weight excluding hydrogens is 456 g/mol. The molecule has 2 N–H and O–H groups in total. The number of aryl methyl sites for hydroxylation is 2. The molecule has 0 aromatic carbocycles. The SMILES string of the molecule is CCCCc1cc(NC(=O)CCCCC(=O)Nc2cc(CCCC)nc3ccnn23)n2nccc2n1. The van der Waals surface area contributed by atoms with Gasteiger partial charge in [0.15, 0.2) is 11.3 Å². The van der Waals surface area contributed by atoms with Crippen LogP contribution in [0.15, 0.2) is 36.7 Å². The second kappa shape index (κ2) is 12.2. The van der Waals surface area contributed by atoms with Crippen molar-refractivity contribution in [3.8, 4) is 0 Å². The molecule has 10 nitrogen and oxygen atoms in total. The summed E-state index contributed by atoms with van der Waals surface area (Å²) in [6, 6.07) is 7.44. The van der Waals surface area contributed by atoms with Crippen LogP contribution in [-0.4, -0.2) is 41.0 Å². The average Bonchev–Trinajstić information content (AvgIpc) is 3.54. The number of fused-ring (bicyclic) bond motifs is 2. The van der Waals surface area contributed by atoms with Gasteiger partial charge in [0.05, 0.1) is 12.4 Å². The number of rotatable bonds is 13. The highest BCUT2D eigenvalue weighted by molar-refractivity contribution is 5.91. The zero-order valence-electron chi connectivity index (χ0n) is 21.0. The first-order valence-electron chi connectivity index (χ1n) is 12.8. The molecule has 4 rings (SSSR count). The lowest BCUT2D eigenvalue weighted by Gasteiger charge is -2.10. The van der Waals surface area contributed by atoms with Crippen molar-refractivity contribution in [1.82, 2.24) is 29.2 Å². The van der Waals surface area contributed by atoms with Crippen LogP contribution in [0.4, 0.5) is 11.6 Å². The molecule has 0 saturated heterocycles. The van der Waals surface area contributed by atoms with Gasteiger partial charge in [-0.05, 0) is 38.5 Å². The molecule has 190 valence electrons. The molecule has 0 spiro atoms. The first kappa shape index (κ1) is 25.3. The minimum Gasteiger partial charge on any atom is -0.311 e. The van der Waals surface area contributed by atoms with E-state index in [9.17, 15) is 9.59 Å². The highest BCUT2D eigenvalue weighted by atomic mass is 16.2. The molecule has 0 fully saturated rings. The van der Waals surface area contributed by atoms with Crippen molar-refractivity contribution in [3.63, 3.8) is 0 Å². The van der Waals surface area contributed by atoms with Crippen LogP contribution < -0.4 is 10.6 Å². The number of anilines is 2. The van der Waals surface area contributed by atoms with Gasteiger partial charge in [0.25, 0.3) is 0 Å². The maximum Gasteiger partial charge on any atom is 0.225 e. The van der Waals surface area contributed by atoms with Gasteiger partial charge in [0.1, 0.15) is 11.6 Å². The molecule has 0 unspecified atom stereocenters. The van der Waals surface area contributed by atoms with Gasteiger partial charge >= 0.3 is 0 Å². The van der Waals surface area contributed by atoms with Crippen LogP contribution in [0.25, 0.3) is 11.3 Å². The third-order valence-corrected chi connectivity index (χ3v) is 5.99. The second-order valence-corrected chi connectivity index (χ2v) is 8.98. The summed E-state index contributed by atoms with van der Waals surface area (Å²) >= 11 is 0. The van der Waals surface area contributed by atoms with Crippen LogP contribution in [0.5, 0.6) is 0 Å². The van der Waals surface area contributed by atoms with E-state index >= 15 is 0 Å². The summed E-state index contributed by atoms with van der Waals surface area (Å²) in [6.07, 6.45) is 11.2. The van der Waals surface area contributed by atoms with E-state index in [0.29, 0.717) is 37.3 Å². The summed E-state index contributed by atoms with van der Waals surface area (Å²) in [5.74, 6) is 1.04. The van der Waals surface area contributed by atoms with Gasteiger partial charge in [-0.2, -0.15) is 19.2 Å². The van der Waals surface area contributed by atoms with Crippen LogP contribution in [-0.2, 0) is 22.4 Å². The maximum atomic E-state index is 12.6. The molecule has 0 aliphatic carbocycles. The van der Waals surface area contributed by atoms with Crippen LogP contribution in [0, 0.1) is 0 Å². The smallest absolute Gasteiger partial charge is 0.225 e. The summed E-state index contributed by atoms with van der Waals surface area (Å²) in [6.45, 7) is 4.28. The van der Waals surface area contributed by atoms with E-state index in [4.69, 9.17) is 0 Å². The van der Waals surface area contributed by atoms with Crippen LogP contribution in [0.1, 0.15) is 76.6 Å². The number of carbonyl (C=O) groups is 2. The Morgan fingerprint density at radius 2 is 1.17 bits per heavy atom. The molecule has 0 bridgehead atoms. The van der Waals surface area contributed by atoms with Crippen molar-refractivity contribution in [1.29, 1.82) is 0 Å². The summed E-state index contributed by atoms with van der Waals surface area (Å²) < 4.78 is 3.28. The molecule has 0 aliphatic heterocycles. The Labute approximate surface area is 210 Å². The molecule has 0 aliphatic rings. The van der Waals surface area contributed by atoms with Gasteiger partial charge in [-0.1, -0.05) is 26.7 Å². The van der Waals surface area contributed by atoms with E-state index in [1.807, 2.05) is 24.3 Å². The van der Waals surface area contributed by atoms with E-state index in [-0.39, 0.29) is 11.8 Å². The van der Waals surface area contributed by atoms with Crippen molar-refractivity contribution in [3.05, 3.63) is 48.0 Å². The second-order valence-electron chi connectivity index (χ2n) is 8.98. The molecule has 0 radical (unpaired) electrons. The molecule has 0 atom stereocenters. The normalized spacial score (nSPS) is 11.3. The molecule has 36 heavy (non-hydrogen) atoms. The molecule has 10 heteroatoms. The first-order valence-corrected chi connectivity index (χ1v) is 12.8. The fraction of sp³-hybridized carbons (Fsp3) is 0.462. The number of nitrogens with zero attached hydrogens (tertiary/aromatic N) is 6. The molecule has 4 heterocycles. The molecule has 4 aromatic rings. The Balaban J connectivity index is 1.27. The highest BCUT2D eigenvalue weighted by Crippen LogP contribution is 2.17. The fourth-order valence-electron chi connectivity index (χ4n) is 4.06. The molecular formula is C26H34N8O2. The predicted molar refractivity (Wildman–Crippen MR) is 139 cm³/mol. The van der Waals surface area contributed by atoms with Crippen LogP contribution in [0.2, 0.25) is 0 Å². The molecule has 4 aromatic heterocycles. The number of hydrogen-bond acceptors (Lipinski definition) is 6. The Kier molecular flexibility index (Phi) is 8.59. The quantitative estimate of drug-likeness (QED) is 0.265. The zero-order chi connectivity index (χ0) is 25.3. The number of nitrogens with one attached hydrogen (secondary N) is 2. The monoisotopic (exact) mass is 490 g/mol. The molecule has 0 saturated carbocycles. The average molecular weight is 491 g/mol. The Morgan fingerprint density at radius 1 is 0.722 bits per heavy atom. The number of hydrogen-bond donors (Lipinski definition) is 2.